The molecule has 0 aliphatic rings. The average molecular weight is 368 g/mol. The van der Waals surface area contributed by atoms with Crippen molar-refractivity contribution in [3.63, 3.8) is 0 Å². The number of aliphatic carboxylic acids is 1. The summed E-state index contributed by atoms with van der Waals surface area (Å²) in [5.41, 5.74) is 2.92. The van der Waals surface area contributed by atoms with Crippen LogP contribution in [-0.2, 0) is 16.0 Å². The molecular formula is C20H20N2O3S. The molecule has 3 rings (SSSR count). The molecule has 3 aromatic rings. The number of rotatable bonds is 8. The number of fused-ring (bicyclic) bond motifs is 1. The third-order valence-corrected chi connectivity index (χ3v) is 5.01. The molecule has 1 heterocycles. The van der Waals surface area contributed by atoms with Crippen molar-refractivity contribution in [2.24, 2.45) is 0 Å². The Balaban J connectivity index is 1.51. The second-order valence-corrected chi connectivity index (χ2v) is 7.21. The Morgan fingerprint density at radius 1 is 1.00 bits per heavy atom. The van der Waals surface area contributed by atoms with Crippen LogP contribution in [0, 0.1) is 0 Å². The number of amides is 1. The van der Waals surface area contributed by atoms with E-state index in [0.717, 1.165) is 28.2 Å². The van der Waals surface area contributed by atoms with E-state index in [1.54, 1.807) is 11.3 Å². The van der Waals surface area contributed by atoms with E-state index in [-0.39, 0.29) is 12.3 Å². The maximum absolute atomic E-state index is 11.9. The van der Waals surface area contributed by atoms with Crippen molar-refractivity contribution in [1.29, 1.82) is 0 Å². The number of hydrogen-bond acceptors (Lipinski definition) is 4. The van der Waals surface area contributed by atoms with Gasteiger partial charge in [-0.05, 0) is 42.7 Å². The van der Waals surface area contributed by atoms with E-state index in [2.05, 4.69) is 16.4 Å². The molecule has 1 amide bonds. The molecule has 6 heteroatoms. The van der Waals surface area contributed by atoms with Gasteiger partial charge in [-0.15, -0.1) is 11.3 Å². The number of unbranched alkanes of at least 4 members (excludes halogenated alkanes) is 1. The molecule has 0 saturated carbocycles. The molecule has 1 aromatic heterocycles. The average Bonchev–Trinajstić information content (AvgIpc) is 3.02. The van der Waals surface area contributed by atoms with Gasteiger partial charge in [-0.2, -0.15) is 0 Å². The molecule has 0 bridgehead atoms. The van der Waals surface area contributed by atoms with Gasteiger partial charge in [0.15, 0.2) is 0 Å². The van der Waals surface area contributed by atoms with Gasteiger partial charge in [-0.1, -0.05) is 24.3 Å². The summed E-state index contributed by atoms with van der Waals surface area (Å²) in [7, 11) is 0. The van der Waals surface area contributed by atoms with Gasteiger partial charge in [0.25, 0.3) is 0 Å². The van der Waals surface area contributed by atoms with Gasteiger partial charge >= 0.3 is 5.97 Å². The number of benzene rings is 2. The standard InChI is InChI=1S/C20H20N2O3S/c23-18(7-3-4-8-20(24)25)21-15-11-9-14(10-12-15)13-19-22-16-5-1-2-6-17(16)26-19/h1-2,5-6,9-12H,3-4,7-8,13H2,(H,21,23)(H,24,25). The number of carboxylic acids is 1. The van der Waals surface area contributed by atoms with Crippen LogP contribution in [0.4, 0.5) is 5.69 Å². The Labute approximate surface area is 155 Å². The van der Waals surface area contributed by atoms with E-state index in [0.29, 0.717) is 19.3 Å². The fourth-order valence-electron chi connectivity index (χ4n) is 2.66. The maximum Gasteiger partial charge on any atom is 0.303 e. The van der Waals surface area contributed by atoms with Crippen molar-refractivity contribution >= 4 is 39.1 Å². The van der Waals surface area contributed by atoms with E-state index < -0.39 is 5.97 Å². The second-order valence-electron chi connectivity index (χ2n) is 6.10. The molecule has 134 valence electrons. The van der Waals surface area contributed by atoms with Crippen LogP contribution in [0.25, 0.3) is 10.2 Å². The van der Waals surface area contributed by atoms with Gasteiger partial charge in [-0.25, -0.2) is 4.98 Å². The van der Waals surface area contributed by atoms with Crippen LogP contribution in [0.2, 0.25) is 0 Å². The van der Waals surface area contributed by atoms with Crippen molar-refractivity contribution in [2.75, 3.05) is 5.32 Å². The molecule has 0 spiro atoms. The Morgan fingerprint density at radius 3 is 2.46 bits per heavy atom. The predicted molar refractivity (Wildman–Crippen MR) is 104 cm³/mol. The molecule has 0 saturated heterocycles. The highest BCUT2D eigenvalue weighted by atomic mass is 32.1. The zero-order chi connectivity index (χ0) is 18.4. The molecule has 2 N–H and O–H groups in total. The number of aromatic nitrogens is 1. The molecule has 5 nitrogen and oxygen atoms in total. The third-order valence-electron chi connectivity index (χ3n) is 3.98. The SMILES string of the molecule is O=C(O)CCCCC(=O)Nc1ccc(Cc2nc3ccccc3s2)cc1. The monoisotopic (exact) mass is 368 g/mol. The molecule has 0 radical (unpaired) electrons. The van der Waals surface area contributed by atoms with Crippen LogP contribution >= 0.6 is 11.3 Å². The molecule has 26 heavy (non-hydrogen) atoms. The number of anilines is 1. The second kappa shape index (κ2) is 8.58. The van der Waals surface area contributed by atoms with Crippen molar-refractivity contribution in [1.82, 2.24) is 4.98 Å². The Hall–Kier alpha value is -2.73. The first kappa shape index (κ1) is 18.1. The molecule has 0 fully saturated rings. The van der Waals surface area contributed by atoms with Crippen LogP contribution < -0.4 is 5.32 Å². The molecule has 0 aliphatic heterocycles. The number of carbonyl (C=O) groups excluding carboxylic acids is 1. The van der Waals surface area contributed by atoms with Gasteiger partial charge in [0.1, 0.15) is 0 Å². The first-order chi connectivity index (χ1) is 12.6. The maximum atomic E-state index is 11.9. The summed E-state index contributed by atoms with van der Waals surface area (Å²) in [6.45, 7) is 0. The normalized spacial score (nSPS) is 10.8. The number of carbonyl (C=O) groups is 2. The fraction of sp³-hybridized carbons (Fsp3) is 0.250. The summed E-state index contributed by atoms with van der Waals surface area (Å²) < 4.78 is 1.19. The number of hydrogen-bond donors (Lipinski definition) is 2. The number of nitrogens with one attached hydrogen (secondary N) is 1. The van der Waals surface area contributed by atoms with Gasteiger partial charge in [0.2, 0.25) is 5.91 Å². The minimum absolute atomic E-state index is 0.0886. The summed E-state index contributed by atoms with van der Waals surface area (Å²) in [4.78, 5) is 26.9. The molecule has 0 aliphatic carbocycles. The van der Waals surface area contributed by atoms with Gasteiger partial charge in [-0.3, -0.25) is 9.59 Å². The van der Waals surface area contributed by atoms with E-state index in [4.69, 9.17) is 5.11 Å². The Bertz CT molecular complexity index is 870. The smallest absolute Gasteiger partial charge is 0.303 e. The molecule has 2 aromatic carbocycles. The summed E-state index contributed by atoms with van der Waals surface area (Å²) >= 11 is 1.70. The minimum atomic E-state index is -0.825. The lowest BCUT2D eigenvalue weighted by Crippen LogP contribution is -2.11. The van der Waals surface area contributed by atoms with Gasteiger partial charge < -0.3 is 10.4 Å². The van der Waals surface area contributed by atoms with Crippen molar-refractivity contribution in [3.8, 4) is 0 Å². The molecule has 0 atom stereocenters. The third kappa shape index (κ3) is 5.13. The number of thiazole rings is 1. The van der Waals surface area contributed by atoms with Crippen LogP contribution in [0.15, 0.2) is 48.5 Å². The lowest BCUT2D eigenvalue weighted by atomic mass is 10.1. The van der Waals surface area contributed by atoms with Crippen LogP contribution in [0.1, 0.15) is 36.3 Å². The zero-order valence-corrected chi connectivity index (χ0v) is 15.1. The van der Waals surface area contributed by atoms with Gasteiger partial charge in [0, 0.05) is 24.9 Å². The van der Waals surface area contributed by atoms with Gasteiger partial charge in [0.05, 0.1) is 15.2 Å². The number of nitrogens with zero attached hydrogens (tertiary/aromatic N) is 1. The first-order valence-electron chi connectivity index (χ1n) is 8.55. The van der Waals surface area contributed by atoms with Crippen molar-refractivity contribution in [3.05, 3.63) is 59.1 Å². The zero-order valence-electron chi connectivity index (χ0n) is 14.3. The summed E-state index contributed by atoms with van der Waals surface area (Å²) in [6, 6.07) is 15.9. The summed E-state index contributed by atoms with van der Waals surface area (Å²) in [6.07, 6.45) is 2.30. The summed E-state index contributed by atoms with van der Waals surface area (Å²) in [5, 5.41) is 12.5. The largest absolute Gasteiger partial charge is 0.481 e. The van der Waals surface area contributed by atoms with Crippen LogP contribution in [0.3, 0.4) is 0 Å². The van der Waals surface area contributed by atoms with E-state index >= 15 is 0 Å². The first-order valence-corrected chi connectivity index (χ1v) is 9.37. The van der Waals surface area contributed by atoms with E-state index in [9.17, 15) is 9.59 Å². The molecule has 0 unspecified atom stereocenters. The van der Waals surface area contributed by atoms with Crippen LogP contribution in [-0.4, -0.2) is 22.0 Å². The van der Waals surface area contributed by atoms with E-state index in [1.807, 2.05) is 42.5 Å². The lowest BCUT2D eigenvalue weighted by Gasteiger charge is -2.06. The number of para-hydroxylation sites is 1. The highest BCUT2D eigenvalue weighted by molar-refractivity contribution is 7.18. The van der Waals surface area contributed by atoms with Crippen molar-refractivity contribution in [2.45, 2.75) is 32.1 Å². The van der Waals surface area contributed by atoms with Crippen molar-refractivity contribution < 1.29 is 14.7 Å². The lowest BCUT2D eigenvalue weighted by molar-refractivity contribution is -0.137. The topological polar surface area (TPSA) is 79.3 Å². The Kier molecular flexibility index (Phi) is 5.96. The quantitative estimate of drug-likeness (QED) is 0.575. The Morgan fingerprint density at radius 2 is 1.73 bits per heavy atom. The van der Waals surface area contributed by atoms with E-state index in [1.165, 1.54) is 4.70 Å². The predicted octanol–water partition coefficient (Wildman–Crippen LogP) is 4.47. The fourth-order valence-corrected chi connectivity index (χ4v) is 3.66. The number of carboxylic acid groups (broad SMARTS) is 1. The highest BCUT2D eigenvalue weighted by Gasteiger charge is 2.06. The summed E-state index contributed by atoms with van der Waals surface area (Å²) in [5.74, 6) is -0.913. The molecular weight excluding hydrogens is 348 g/mol. The minimum Gasteiger partial charge on any atom is -0.481 e. The highest BCUT2D eigenvalue weighted by Crippen LogP contribution is 2.24. The van der Waals surface area contributed by atoms with Crippen LogP contribution in [0.5, 0.6) is 0 Å².